The highest BCUT2D eigenvalue weighted by molar-refractivity contribution is 6.00. The van der Waals surface area contributed by atoms with Gasteiger partial charge in [0, 0.05) is 11.1 Å². The minimum Gasteiger partial charge on any atom is -0.460 e. The van der Waals surface area contributed by atoms with E-state index in [-0.39, 0.29) is 18.1 Å². The van der Waals surface area contributed by atoms with Gasteiger partial charge in [-0.2, -0.15) is 0 Å². The fourth-order valence-electron chi connectivity index (χ4n) is 1.51. The van der Waals surface area contributed by atoms with E-state index in [2.05, 4.69) is 0 Å². The van der Waals surface area contributed by atoms with Gasteiger partial charge in [-0.1, -0.05) is 13.8 Å². The summed E-state index contributed by atoms with van der Waals surface area (Å²) >= 11 is 0. The first-order valence-corrected chi connectivity index (χ1v) is 6.29. The topological polar surface area (TPSA) is 52.6 Å². The molecule has 0 atom stereocenters. The van der Waals surface area contributed by atoms with Crippen LogP contribution in [0.3, 0.4) is 0 Å². The highest BCUT2D eigenvalue weighted by Crippen LogP contribution is 2.19. The second-order valence-corrected chi connectivity index (χ2v) is 5.10. The van der Waals surface area contributed by atoms with E-state index in [0.717, 1.165) is 0 Å². The van der Waals surface area contributed by atoms with Crippen molar-refractivity contribution in [1.82, 2.24) is 0 Å². The van der Waals surface area contributed by atoms with Crippen LogP contribution in [0.15, 0.2) is 11.1 Å². The highest BCUT2D eigenvalue weighted by Gasteiger charge is 2.23. The van der Waals surface area contributed by atoms with Crippen LogP contribution in [0.5, 0.6) is 0 Å². The van der Waals surface area contributed by atoms with E-state index in [1.54, 1.807) is 34.6 Å². The van der Waals surface area contributed by atoms with E-state index < -0.39 is 11.9 Å². The van der Waals surface area contributed by atoms with Gasteiger partial charge in [0.1, 0.15) is 0 Å². The van der Waals surface area contributed by atoms with Gasteiger partial charge >= 0.3 is 11.9 Å². The smallest absolute Gasteiger partial charge is 0.335 e. The van der Waals surface area contributed by atoms with Crippen LogP contribution in [0.1, 0.15) is 48.5 Å². The van der Waals surface area contributed by atoms with Gasteiger partial charge in [0.05, 0.1) is 12.2 Å². The molecule has 0 aliphatic heterocycles. The van der Waals surface area contributed by atoms with Crippen LogP contribution >= 0.6 is 0 Å². The number of esters is 2. The van der Waals surface area contributed by atoms with Crippen molar-refractivity contribution in [2.24, 2.45) is 5.92 Å². The van der Waals surface area contributed by atoms with Crippen molar-refractivity contribution >= 4 is 11.9 Å². The largest absolute Gasteiger partial charge is 0.460 e. The van der Waals surface area contributed by atoms with E-state index in [9.17, 15) is 9.59 Å². The Hall–Kier alpha value is -1.32. The Bertz CT molecular complexity index is 338. The van der Waals surface area contributed by atoms with Crippen LogP contribution < -0.4 is 0 Å². The molecule has 0 radical (unpaired) electrons. The van der Waals surface area contributed by atoms with Gasteiger partial charge in [0.25, 0.3) is 0 Å². The Balaban J connectivity index is 5.18. The van der Waals surface area contributed by atoms with E-state index >= 15 is 0 Å². The van der Waals surface area contributed by atoms with Crippen LogP contribution in [-0.4, -0.2) is 24.1 Å². The Morgan fingerprint density at radius 3 is 1.50 bits per heavy atom. The summed E-state index contributed by atoms with van der Waals surface area (Å²) in [5, 5.41) is 0. The molecule has 0 heterocycles. The van der Waals surface area contributed by atoms with Gasteiger partial charge in [0.15, 0.2) is 0 Å². The molecule has 0 aromatic heterocycles. The molecule has 0 N–H and O–H groups in total. The second-order valence-electron chi connectivity index (χ2n) is 5.10. The van der Waals surface area contributed by atoms with Crippen molar-refractivity contribution in [3.05, 3.63) is 11.1 Å². The predicted octanol–water partition coefficient (Wildman–Crippen LogP) is 2.86. The lowest BCUT2D eigenvalue weighted by molar-refractivity contribution is -0.146. The summed E-state index contributed by atoms with van der Waals surface area (Å²) in [6.45, 7) is 12.4. The molecule has 0 bridgehead atoms. The number of hydrogen-bond donors (Lipinski definition) is 0. The Morgan fingerprint density at radius 1 is 0.778 bits per heavy atom. The maximum atomic E-state index is 11.9. The quantitative estimate of drug-likeness (QED) is 0.560. The minimum absolute atomic E-state index is 0.0871. The molecule has 0 spiro atoms. The number of ether oxygens (including phenoxy) is 2. The lowest BCUT2D eigenvalue weighted by Gasteiger charge is -2.17. The Labute approximate surface area is 109 Å². The third kappa shape index (κ3) is 5.34. The van der Waals surface area contributed by atoms with Crippen LogP contribution in [0.2, 0.25) is 0 Å². The molecular weight excluding hydrogens is 232 g/mol. The van der Waals surface area contributed by atoms with E-state index in [4.69, 9.17) is 9.47 Å². The van der Waals surface area contributed by atoms with Gasteiger partial charge in [-0.15, -0.1) is 0 Å². The first-order valence-electron chi connectivity index (χ1n) is 6.29. The van der Waals surface area contributed by atoms with E-state index in [1.165, 1.54) is 0 Å². The fraction of sp³-hybridized carbons (Fsp3) is 0.714. The first kappa shape index (κ1) is 16.7. The highest BCUT2D eigenvalue weighted by atomic mass is 16.5. The van der Waals surface area contributed by atoms with Gasteiger partial charge in [-0.25, -0.2) is 9.59 Å². The average molecular weight is 256 g/mol. The predicted molar refractivity (Wildman–Crippen MR) is 70.0 cm³/mol. The van der Waals surface area contributed by atoms with Crippen molar-refractivity contribution < 1.29 is 19.1 Å². The third-order valence-electron chi connectivity index (χ3n) is 2.19. The maximum absolute atomic E-state index is 11.9. The van der Waals surface area contributed by atoms with Gasteiger partial charge in [-0.05, 0) is 40.5 Å². The molecule has 0 saturated carbocycles. The molecule has 0 aliphatic carbocycles. The lowest BCUT2D eigenvalue weighted by atomic mass is 9.98. The zero-order valence-corrected chi connectivity index (χ0v) is 12.4. The second kappa shape index (κ2) is 7.19. The van der Waals surface area contributed by atoms with Crippen LogP contribution in [0.25, 0.3) is 0 Å². The summed E-state index contributed by atoms with van der Waals surface area (Å²) in [6, 6.07) is 0. The summed E-state index contributed by atoms with van der Waals surface area (Å²) in [5.41, 5.74) is 0.707. The lowest BCUT2D eigenvalue weighted by Crippen LogP contribution is -2.22. The molecule has 0 aliphatic rings. The summed E-state index contributed by atoms with van der Waals surface area (Å²) in [7, 11) is 0. The molecule has 0 rings (SSSR count). The summed E-state index contributed by atoms with van der Waals surface area (Å²) < 4.78 is 10.2. The molecule has 0 amide bonds. The molecule has 18 heavy (non-hydrogen) atoms. The number of rotatable bonds is 5. The van der Waals surface area contributed by atoms with Crippen molar-refractivity contribution in [3.8, 4) is 0 Å². The minimum atomic E-state index is -0.464. The van der Waals surface area contributed by atoms with E-state index in [0.29, 0.717) is 11.1 Å². The van der Waals surface area contributed by atoms with E-state index in [1.807, 2.05) is 13.8 Å². The molecule has 4 nitrogen and oxygen atoms in total. The summed E-state index contributed by atoms with van der Waals surface area (Å²) in [5.74, 6) is -0.997. The van der Waals surface area contributed by atoms with Crippen molar-refractivity contribution in [2.45, 2.75) is 60.7 Å². The van der Waals surface area contributed by atoms with Gasteiger partial charge in [-0.3, -0.25) is 0 Å². The normalized spacial score (nSPS) is 12.8. The first-order chi connectivity index (χ1) is 8.16. The van der Waals surface area contributed by atoms with Crippen molar-refractivity contribution in [2.75, 3.05) is 0 Å². The Morgan fingerprint density at radius 2 is 1.17 bits per heavy atom. The zero-order valence-electron chi connectivity index (χ0n) is 12.4. The molecular formula is C14H24O4. The summed E-state index contributed by atoms with van der Waals surface area (Å²) in [6.07, 6.45) is -0.415. The SMILES string of the molecule is C/C(C(=O)OC(C)C)=C(/C(=O)OC(C)C)C(C)C. The molecule has 0 aromatic carbocycles. The molecule has 104 valence electrons. The van der Waals surface area contributed by atoms with Crippen LogP contribution in [0.4, 0.5) is 0 Å². The van der Waals surface area contributed by atoms with Crippen LogP contribution in [-0.2, 0) is 19.1 Å². The number of carbonyl (C=O) groups excluding carboxylic acids is 2. The number of carbonyl (C=O) groups is 2. The monoisotopic (exact) mass is 256 g/mol. The average Bonchev–Trinajstić information content (AvgIpc) is 2.14. The molecule has 0 saturated heterocycles. The molecule has 0 fully saturated rings. The van der Waals surface area contributed by atoms with Gasteiger partial charge < -0.3 is 9.47 Å². The van der Waals surface area contributed by atoms with Crippen molar-refractivity contribution in [1.29, 1.82) is 0 Å². The van der Waals surface area contributed by atoms with Crippen molar-refractivity contribution in [3.63, 3.8) is 0 Å². The number of hydrogen-bond acceptors (Lipinski definition) is 4. The Kier molecular flexibility index (Phi) is 6.66. The fourth-order valence-corrected chi connectivity index (χ4v) is 1.51. The summed E-state index contributed by atoms with van der Waals surface area (Å²) in [4.78, 5) is 23.7. The molecule has 4 heteroatoms. The van der Waals surface area contributed by atoms with Crippen LogP contribution in [0, 0.1) is 5.92 Å². The molecule has 0 unspecified atom stereocenters. The maximum Gasteiger partial charge on any atom is 0.335 e. The third-order valence-corrected chi connectivity index (χ3v) is 2.19. The molecule has 0 aromatic rings. The standard InChI is InChI=1S/C14H24O4/c1-8(2)12(14(16)18-10(5)6)11(7)13(15)17-9(3)4/h8-10H,1-7H3/b12-11-. The van der Waals surface area contributed by atoms with Gasteiger partial charge in [0.2, 0.25) is 0 Å². The zero-order chi connectivity index (χ0) is 14.5.